The third kappa shape index (κ3) is 5.87. The average molecular weight is 340 g/mol. The van der Waals surface area contributed by atoms with Crippen LogP contribution in [0.3, 0.4) is 0 Å². The summed E-state index contributed by atoms with van der Waals surface area (Å²) in [5.41, 5.74) is 3.35. The number of aromatic nitrogens is 1. The third-order valence-electron chi connectivity index (χ3n) is 4.10. The molecular weight excluding hydrogens is 312 g/mol. The van der Waals surface area contributed by atoms with E-state index in [1.165, 1.54) is 11.1 Å². The van der Waals surface area contributed by atoms with Crippen LogP contribution in [0.1, 0.15) is 49.6 Å². The minimum atomic E-state index is -0.641. The molecule has 2 rings (SSSR count). The number of aliphatic imine (C=N–C) groups is 1. The molecule has 0 aliphatic rings. The Morgan fingerprint density at radius 2 is 1.76 bits per heavy atom. The van der Waals surface area contributed by atoms with Crippen LogP contribution in [0, 0.1) is 0 Å². The van der Waals surface area contributed by atoms with Gasteiger partial charge in [-0.3, -0.25) is 9.98 Å². The van der Waals surface area contributed by atoms with Crippen molar-refractivity contribution in [2.45, 2.75) is 39.3 Å². The van der Waals surface area contributed by atoms with Crippen molar-refractivity contribution >= 4 is 5.96 Å². The molecule has 2 unspecified atom stereocenters. The van der Waals surface area contributed by atoms with Crippen LogP contribution in [0.15, 0.2) is 53.8 Å². The van der Waals surface area contributed by atoms with Crippen molar-refractivity contribution in [3.63, 3.8) is 0 Å². The number of nitrogens with zero attached hydrogens (tertiary/aromatic N) is 2. The second kappa shape index (κ2) is 9.79. The summed E-state index contributed by atoms with van der Waals surface area (Å²) in [5.74, 6) is 0.697. The fourth-order valence-corrected chi connectivity index (χ4v) is 2.52. The highest BCUT2D eigenvalue weighted by atomic mass is 16.3. The predicted molar refractivity (Wildman–Crippen MR) is 103 cm³/mol. The van der Waals surface area contributed by atoms with Crippen molar-refractivity contribution in [3.05, 3.63) is 65.5 Å². The largest absolute Gasteiger partial charge is 0.386 e. The van der Waals surface area contributed by atoms with Gasteiger partial charge in [-0.05, 0) is 49.1 Å². The summed E-state index contributed by atoms with van der Waals surface area (Å²) in [5, 5.41) is 16.9. The highest BCUT2D eigenvalue weighted by molar-refractivity contribution is 5.80. The van der Waals surface area contributed by atoms with E-state index in [9.17, 15) is 5.11 Å². The normalized spacial score (nSPS) is 14.0. The summed E-state index contributed by atoms with van der Waals surface area (Å²) >= 11 is 0. The van der Waals surface area contributed by atoms with Gasteiger partial charge >= 0.3 is 0 Å². The molecule has 25 heavy (non-hydrogen) atoms. The van der Waals surface area contributed by atoms with Crippen LogP contribution < -0.4 is 10.6 Å². The van der Waals surface area contributed by atoms with Crippen LogP contribution in [0.5, 0.6) is 0 Å². The number of aryl methyl sites for hydroxylation is 1. The molecule has 134 valence electrons. The number of aliphatic hydroxyl groups excluding tert-OH is 1. The molecule has 1 aromatic heterocycles. The molecule has 5 nitrogen and oxygen atoms in total. The molecule has 0 bridgehead atoms. The number of aliphatic hydroxyl groups is 1. The lowest BCUT2D eigenvalue weighted by Crippen LogP contribution is -2.39. The van der Waals surface area contributed by atoms with Gasteiger partial charge in [-0.2, -0.15) is 0 Å². The van der Waals surface area contributed by atoms with E-state index in [4.69, 9.17) is 0 Å². The summed E-state index contributed by atoms with van der Waals surface area (Å²) in [6.45, 7) is 7.34. The van der Waals surface area contributed by atoms with E-state index in [1.807, 2.05) is 6.92 Å². The monoisotopic (exact) mass is 340 g/mol. The van der Waals surface area contributed by atoms with Crippen LogP contribution in [0.2, 0.25) is 0 Å². The highest BCUT2D eigenvalue weighted by Gasteiger charge is 2.10. The van der Waals surface area contributed by atoms with Crippen LogP contribution >= 0.6 is 0 Å². The fourth-order valence-electron chi connectivity index (χ4n) is 2.52. The molecule has 0 fully saturated rings. The first kappa shape index (κ1) is 18.9. The van der Waals surface area contributed by atoms with E-state index in [2.05, 4.69) is 58.7 Å². The summed E-state index contributed by atoms with van der Waals surface area (Å²) in [7, 11) is 0. The van der Waals surface area contributed by atoms with Gasteiger partial charge in [-0.25, -0.2) is 0 Å². The van der Waals surface area contributed by atoms with Gasteiger partial charge in [0.2, 0.25) is 0 Å². The van der Waals surface area contributed by atoms with Crippen molar-refractivity contribution in [1.29, 1.82) is 0 Å². The number of benzene rings is 1. The Bertz CT molecular complexity index is 655. The zero-order valence-corrected chi connectivity index (χ0v) is 15.2. The molecule has 0 aliphatic carbocycles. The fraction of sp³-hybridized carbons (Fsp3) is 0.400. The highest BCUT2D eigenvalue weighted by Crippen LogP contribution is 2.14. The summed E-state index contributed by atoms with van der Waals surface area (Å²) < 4.78 is 0. The van der Waals surface area contributed by atoms with Crippen molar-refractivity contribution in [2.75, 3.05) is 13.1 Å². The summed E-state index contributed by atoms with van der Waals surface area (Å²) in [6, 6.07) is 12.3. The molecule has 1 aromatic carbocycles. The Balaban J connectivity index is 2.00. The van der Waals surface area contributed by atoms with Gasteiger partial charge in [-0.15, -0.1) is 0 Å². The van der Waals surface area contributed by atoms with E-state index in [1.54, 1.807) is 24.5 Å². The number of pyridine rings is 1. The zero-order valence-electron chi connectivity index (χ0n) is 15.2. The predicted octanol–water partition coefficient (Wildman–Crippen LogP) is 2.99. The van der Waals surface area contributed by atoms with Crippen LogP contribution in [-0.4, -0.2) is 29.1 Å². The lowest BCUT2D eigenvalue weighted by atomic mass is 10.1. The van der Waals surface area contributed by atoms with Gasteiger partial charge < -0.3 is 15.7 Å². The Hall–Kier alpha value is -2.40. The maximum Gasteiger partial charge on any atom is 0.191 e. The summed E-state index contributed by atoms with van der Waals surface area (Å²) in [4.78, 5) is 8.48. The van der Waals surface area contributed by atoms with Crippen LogP contribution in [0.4, 0.5) is 0 Å². The zero-order chi connectivity index (χ0) is 18.1. The molecule has 0 aliphatic heterocycles. The standard InChI is InChI=1S/C20H28N4O/c1-4-16-6-8-17(9-7-16)15(3)24-20(22-5-2)23-14-19(25)18-10-12-21-13-11-18/h6-13,15,19,25H,4-5,14H2,1-3H3,(H2,22,23,24). The van der Waals surface area contributed by atoms with E-state index in [0.717, 1.165) is 18.5 Å². The second-order valence-electron chi connectivity index (χ2n) is 5.98. The molecule has 0 spiro atoms. The first-order valence-electron chi connectivity index (χ1n) is 8.85. The number of hydrogen-bond donors (Lipinski definition) is 3. The van der Waals surface area contributed by atoms with Crippen molar-refractivity contribution in [2.24, 2.45) is 4.99 Å². The Labute approximate surface area is 150 Å². The topological polar surface area (TPSA) is 69.5 Å². The maximum atomic E-state index is 10.3. The van der Waals surface area contributed by atoms with E-state index in [-0.39, 0.29) is 6.04 Å². The van der Waals surface area contributed by atoms with Gasteiger partial charge in [-0.1, -0.05) is 31.2 Å². The third-order valence-corrected chi connectivity index (χ3v) is 4.10. The number of rotatable bonds is 7. The van der Waals surface area contributed by atoms with E-state index in [0.29, 0.717) is 12.5 Å². The molecule has 0 saturated heterocycles. The van der Waals surface area contributed by atoms with Crippen LogP contribution in [-0.2, 0) is 6.42 Å². The molecule has 5 heteroatoms. The van der Waals surface area contributed by atoms with Crippen molar-refractivity contribution < 1.29 is 5.11 Å². The molecule has 2 atom stereocenters. The lowest BCUT2D eigenvalue weighted by Gasteiger charge is -2.19. The number of nitrogens with one attached hydrogen (secondary N) is 2. The van der Waals surface area contributed by atoms with E-state index < -0.39 is 6.10 Å². The number of guanidine groups is 1. The van der Waals surface area contributed by atoms with Crippen LogP contribution in [0.25, 0.3) is 0 Å². The summed E-state index contributed by atoms with van der Waals surface area (Å²) in [6.07, 6.45) is 3.75. The first-order valence-corrected chi connectivity index (χ1v) is 8.85. The average Bonchev–Trinajstić information content (AvgIpc) is 2.66. The smallest absolute Gasteiger partial charge is 0.191 e. The van der Waals surface area contributed by atoms with Gasteiger partial charge in [0.25, 0.3) is 0 Å². The van der Waals surface area contributed by atoms with E-state index >= 15 is 0 Å². The lowest BCUT2D eigenvalue weighted by molar-refractivity contribution is 0.187. The minimum absolute atomic E-state index is 0.127. The van der Waals surface area contributed by atoms with Gasteiger partial charge in [0, 0.05) is 18.9 Å². The molecule has 0 saturated carbocycles. The molecule has 0 radical (unpaired) electrons. The SMILES string of the molecule is CCNC(=NCC(O)c1ccncc1)NC(C)c1ccc(CC)cc1. The van der Waals surface area contributed by atoms with Crippen molar-refractivity contribution in [1.82, 2.24) is 15.6 Å². The maximum absolute atomic E-state index is 10.3. The molecule has 0 amide bonds. The van der Waals surface area contributed by atoms with Gasteiger partial charge in [0.1, 0.15) is 0 Å². The molecule has 2 aromatic rings. The first-order chi connectivity index (χ1) is 12.1. The second-order valence-corrected chi connectivity index (χ2v) is 5.98. The quantitative estimate of drug-likeness (QED) is 0.535. The molecular formula is C20H28N4O. The van der Waals surface area contributed by atoms with Gasteiger partial charge in [0.05, 0.1) is 18.7 Å². The van der Waals surface area contributed by atoms with Crippen molar-refractivity contribution in [3.8, 4) is 0 Å². The molecule has 3 N–H and O–H groups in total. The Morgan fingerprint density at radius 1 is 1.08 bits per heavy atom. The van der Waals surface area contributed by atoms with Gasteiger partial charge in [0.15, 0.2) is 5.96 Å². The molecule has 1 heterocycles. The minimum Gasteiger partial charge on any atom is -0.386 e. The Morgan fingerprint density at radius 3 is 2.36 bits per heavy atom. The number of hydrogen-bond acceptors (Lipinski definition) is 3. The Kier molecular flexibility index (Phi) is 7.41.